The fourth-order valence-electron chi connectivity index (χ4n) is 2.44. The molecule has 20 heavy (non-hydrogen) atoms. The zero-order valence-corrected chi connectivity index (χ0v) is 12.1. The highest BCUT2D eigenvalue weighted by Crippen LogP contribution is 2.40. The van der Waals surface area contributed by atoms with Gasteiger partial charge in [-0.3, -0.25) is 9.00 Å². The number of carbonyl (C=O) groups excluding carboxylic acids is 1. The van der Waals surface area contributed by atoms with Crippen LogP contribution in [0.25, 0.3) is 0 Å². The molecule has 1 aliphatic heterocycles. The molecule has 1 atom stereocenters. The van der Waals surface area contributed by atoms with Gasteiger partial charge < -0.3 is 10.6 Å². The molecule has 1 aromatic rings. The molecule has 2 aliphatic rings. The number of hydrogen-bond acceptors (Lipinski definition) is 5. The van der Waals surface area contributed by atoms with Crippen molar-refractivity contribution in [3.05, 3.63) is 17.5 Å². The molecule has 2 N–H and O–H groups in total. The fraction of sp³-hybridized carbons (Fsp3) is 0.615. The Labute approximate surface area is 120 Å². The lowest BCUT2D eigenvalue weighted by Gasteiger charge is -2.20. The van der Waals surface area contributed by atoms with Crippen LogP contribution in [-0.2, 0) is 10.8 Å². The molecule has 6 nitrogen and oxygen atoms in total. The van der Waals surface area contributed by atoms with Gasteiger partial charge in [0.1, 0.15) is 0 Å². The van der Waals surface area contributed by atoms with E-state index >= 15 is 0 Å². The van der Waals surface area contributed by atoms with E-state index in [9.17, 15) is 9.00 Å². The molecule has 1 aromatic heterocycles. The van der Waals surface area contributed by atoms with E-state index in [1.165, 1.54) is 0 Å². The van der Waals surface area contributed by atoms with E-state index in [0.717, 1.165) is 37.3 Å². The monoisotopic (exact) mass is 294 g/mol. The first-order valence-corrected chi connectivity index (χ1v) is 8.40. The van der Waals surface area contributed by atoms with Crippen LogP contribution in [0.5, 0.6) is 0 Å². The highest BCUT2D eigenvalue weighted by Gasteiger charge is 2.30. The minimum atomic E-state index is -0.737. The van der Waals surface area contributed by atoms with Gasteiger partial charge in [-0.1, -0.05) is 0 Å². The number of carbonyl (C=O) groups is 1. The second-order valence-corrected chi connectivity index (χ2v) is 6.99. The predicted octanol–water partition coefficient (Wildman–Crippen LogP) is 0.412. The Morgan fingerprint density at radius 1 is 1.35 bits per heavy atom. The standard InChI is InChI=1S/C13H18N4O2S/c14-12(18)10-8-15-13(16-11(10)9-2-3-9)17-4-1-6-20(19)7-5-17/h8-9H,1-7H2,(H2,14,18). The van der Waals surface area contributed by atoms with Gasteiger partial charge in [0.2, 0.25) is 5.95 Å². The van der Waals surface area contributed by atoms with Gasteiger partial charge in [-0.05, 0) is 19.3 Å². The quantitative estimate of drug-likeness (QED) is 0.872. The topological polar surface area (TPSA) is 89.2 Å². The zero-order chi connectivity index (χ0) is 14.1. The second-order valence-electron chi connectivity index (χ2n) is 5.30. The molecule has 0 spiro atoms. The lowest BCUT2D eigenvalue weighted by atomic mass is 10.1. The predicted molar refractivity (Wildman–Crippen MR) is 77.2 cm³/mol. The number of aromatic nitrogens is 2. The van der Waals surface area contributed by atoms with E-state index in [1.54, 1.807) is 6.20 Å². The summed E-state index contributed by atoms with van der Waals surface area (Å²) < 4.78 is 11.6. The third-order valence-corrected chi connectivity index (χ3v) is 5.09. The Balaban J connectivity index is 1.88. The van der Waals surface area contributed by atoms with E-state index in [2.05, 4.69) is 14.9 Å². The van der Waals surface area contributed by atoms with Crippen molar-refractivity contribution in [2.45, 2.75) is 25.2 Å². The van der Waals surface area contributed by atoms with Crippen LogP contribution in [0.3, 0.4) is 0 Å². The summed E-state index contributed by atoms with van der Waals surface area (Å²) in [5.41, 5.74) is 6.60. The summed E-state index contributed by atoms with van der Waals surface area (Å²) in [4.78, 5) is 22.3. The van der Waals surface area contributed by atoms with Crippen molar-refractivity contribution in [2.24, 2.45) is 5.73 Å². The minimum absolute atomic E-state index is 0.348. The van der Waals surface area contributed by atoms with Gasteiger partial charge in [-0.2, -0.15) is 0 Å². The smallest absolute Gasteiger partial charge is 0.252 e. The van der Waals surface area contributed by atoms with Gasteiger partial charge in [0, 0.05) is 47.5 Å². The van der Waals surface area contributed by atoms with Gasteiger partial charge in [0.05, 0.1) is 11.3 Å². The van der Waals surface area contributed by atoms with Crippen molar-refractivity contribution < 1.29 is 9.00 Å². The molecule has 3 rings (SSSR count). The largest absolute Gasteiger partial charge is 0.365 e. The van der Waals surface area contributed by atoms with E-state index in [0.29, 0.717) is 29.7 Å². The first-order chi connectivity index (χ1) is 9.65. The summed E-state index contributed by atoms with van der Waals surface area (Å²) in [6.45, 7) is 1.51. The van der Waals surface area contributed by atoms with Gasteiger partial charge in [-0.15, -0.1) is 0 Å². The number of nitrogens with zero attached hydrogens (tertiary/aromatic N) is 3. The van der Waals surface area contributed by atoms with E-state index in [4.69, 9.17) is 5.73 Å². The second kappa shape index (κ2) is 5.47. The highest BCUT2D eigenvalue weighted by atomic mass is 32.2. The third-order valence-electron chi connectivity index (χ3n) is 3.71. The fourth-order valence-corrected chi connectivity index (χ4v) is 3.52. The average Bonchev–Trinajstić information content (AvgIpc) is 3.25. The van der Waals surface area contributed by atoms with Crippen LogP contribution >= 0.6 is 0 Å². The van der Waals surface area contributed by atoms with Gasteiger partial charge in [0.15, 0.2) is 0 Å². The summed E-state index contributed by atoms with van der Waals surface area (Å²) in [7, 11) is -0.737. The Morgan fingerprint density at radius 2 is 2.15 bits per heavy atom. The normalized spacial score (nSPS) is 23.4. The molecule has 0 radical (unpaired) electrons. The maximum absolute atomic E-state index is 11.6. The number of primary amides is 1. The minimum Gasteiger partial charge on any atom is -0.365 e. The molecule has 1 saturated heterocycles. The lowest BCUT2D eigenvalue weighted by Crippen LogP contribution is -2.29. The molecule has 0 bridgehead atoms. The number of anilines is 1. The van der Waals surface area contributed by atoms with Crippen molar-refractivity contribution in [1.29, 1.82) is 0 Å². The lowest BCUT2D eigenvalue weighted by molar-refractivity contribution is 0.0998. The van der Waals surface area contributed by atoms with Crippen molar-refractivity contribution in [2.75, 3.05) is 29.5 Å². The van der Waals surface area contributed by atoms with Crippen LogP contribution in [-0.4, -0.2) is 44.7 Å². The van der Waals surface area contributed by atoms with E-state index < -0.39 is 16.7 Å². The Morgan fingerprint density at radius 3 is 2.85 bits per heavy atom. The van der Waals surface area contributed by atoms with Crippen LogP contribution in [0.4, 0.5) is 5.95 Å². The summed E-state index contributed by atoms with van der Waals surface area (Å²) in [6, 6.07) is 0. The molecule has 1 saturated carbocycles. The maximum Gasteiger partial charge on any atom is 0.252 e. The average molecular weight is 294 g/mol. The van der Waals surface area contributed by atoms with Crippen LogP contribution < -0.4 is 10.6 Å². The summed E-state index contributed by atoms with van der Waals surface area (Å²) in [5, 5.41) is 0. The van der Waals surface area contributed by atoms with Gasteiger partial charge in [0.25, 0.3) is 5.91 Å². The molecule has 7 heteroatoms. The maximum atomic E-state index is 11.6. The van der Waals surface area contributed by atoms with Crippen LogP contribution in [0.15, 0.2) is 6.20 Å². The molecular formula is C13H18N4O2S. The van der Waals surface area contributed by atoms with Crippen molar-refractivity contribution in [3.8, 4) is 0 Å². The zero-order valence-electron chi connectivity index (χ0n) is 11.2. The Bertz CT molecular complexity index is 559. The number of nitrogens with two attached hydrogens (primary N) is 1. The first kappa shape index (κ1) is 13.5. The van der Waals surface area contributed by atoms with Crippen LogP contribution in [0.2, 0.25) is 0 Å². The molecule has 2 fully saturated rings. The van der Waals surface area contributed by atoms with Gasteiger partial charge in [-0.25, -0.2) is 9.97 Å². The molecule has 108 valence electrons. The summed E-state index contributed by atoms with van der Waals surface area (Å²) >= 11 is 0. The Hall–Kier alpha value is -1.50. The van der Waals surface area contributed by atoms with Crippen molar-refractivity contribution in [3.63, 3.8) is 0 Å². The Kier molecular flexibility index (Phi) is 3.69. The molecule has 0 aromatic carbocycles. The summed E-state index contributed by atoms with van der Waals surface area (Å²) in [6.07, 6.45) is 4.54. The van der Waals surface area contributed by atoms with Crippen LogP contribution in [0.1, 0.15) is 41.2 Å². The van der Waals surface area contributed by atoms with Crippen molar-refractivity contribution in [1.82, 2.24) is 9.97 Å². The van der Waals surface area contributed by atoms with Gasteiger partial charge >= 0.3 is 0 Å². The van der Waals surface area contributed by atoms with E-state index in [1.807, 2.05) is 0 Å². The first-order valence-electron chi connectivity index (χ1n) is 6.92. The van der Waals surface area contributed by atoms with Crippen LogP contribution in [0, 0.1) is 0 Å². The van der Waals surface area contributed by atoms with Crippen molar-refractivity contribution >= 4 is 22.7 Å². The SMILES string of the molecule is NC(=O)c1cnc(N2CCCS(=O)CC2)nc1C1CC1. The number of rotatable bonds is 3. The molecule has 1 aliphatic carbocycles. The highest BCUT2D eigenvalue weighted by molar-refractivity contribution is 7.85. The molecule has 1 unspecified atom stereocenters. The summed E-state index contributed by atoms with van der Waals surface area (Å²) in [5.74, 6) is 1.91. The van der Waals surface area contributed by atoms with E-state index in [-0.39, 0.29) is 0 Å². The molecule has 2 heterocycles. The number of amides is 1. The number of hydrogen-bond donors (Lipinski definition) is 1. The third kappa shape index (κ3) is 2.82. The molecular weight excluding hydrogens is 276 g/mol. The molecule has 1 amide bonds.